The number of carboxylic acid groups (broad SMARTS) is 1. The number of hydrogen-bond acceptors (Lipinski definition) is 3. The summed E-state index contributed by atoms with van der Waals surface area (Å²) in [6.07, 6.45) is 2.77. The molecule has 1 aliphatic rings. The Morgan fingerprint density at radius 3 is 2.21 bits per heavy atom. The van der Waals surface area contributed by atoms with Gasteiger partial charge in [-0.05, 0) is 51.0 Å². The number of amides is 2. The van der Waals surface area contributed by atoms with Crippen LogP contribution in [-0.4, -0.2) is 28.9 Å². The van der Waals surface area contributed by atoms with Crippen LogP contribution in [0.2, 0.25) is 0 Å². The minimum absolute atomic E-state index is 0.0160. The van der Waals surface area contributed by atoms with Crippen molar-refractivity contribution in [3.8, 4) is 0 Å². The number of benzene rings is 1. The monoisotopic (exact) mass is 332 g/mol. The smallest absolute Gasteiger partial charge is 0.310 e. The van der Waals surface area contributed by atoms with Crippen molar-refractivity contribution >= 4 is 23.5 Å². The molecule has 130 valence electrons. The van der Waals surface area contributed by atoms with Crippen LogP contribution in [0.25, 0.3) is 0 Å². The van der Waals surface area contributed by atoms with Gasteiger partial charge in [-0.15, -0.1) is 0 Å². The largest absolute Gasteiger partial charge is 0.481 e. The van der Waals surface area contributed by atoms with Crippen LogP contribution in [0.3, 0.4) is 0 Å². The summed E-state index contributed by atoms with van der Waals surface area (Å²) in [6.45, 7) is 3.77. The summed E-state index contributed by atoms with van der Waals surface area (Å²) in [7, 11) is 0. The van der Waals surface area contributed by atoms with E-state index in [0.717, 1.165) is 12.8 Å². The van der Waals surface area contributed by atoms with E-state index >= 15 is 0 Å². The number of carboxylic acids is 1. The quantitative estimate of drug-likeness (QED) is 0.746. The van der Waals surface area contributed by atoms with Gasteiger partial charge >= 0.3 is 5.97 Å². The van der Waals surface area contributed by atoms with Crippen molar-refractivity contribution in [1.29, 1.82) is 0 Å². The molecule has 3 N–H and O–H groups in total. The minimum atomic E-state index is -0.929. The number of anilines is 1. The topological polar surface area (TPSA) is 95.5 Å². The standard InChI is InChI=1S/C18H24N2O4/c1-12(2)19-16(22)13-5-7-14(8-6-13)20-15(21)11-18(17(23)24)9-3-4-10-18/h5-8,12H,3-4,9-11H2,1-2H3,(H,19,22)(H,20,21)(H,23,24). The molecule has 1 aromatic rings. The summed E-state index contributed by atoms with van der Waals surface area (Å²) in [6, 6.07) is 6.62. The van der Waals surface area contributed by atoms with Gasteiger partial charge in [0.2, 0.25) is 5.91 Å². The molecule has 0 unspecified atom stereocenters. The van der Waals surface area contributed by atoms with Crippen LogP contribution in [0.5, 0.6) is 0 Å². The molecule has 1 saturated carbocycles. The van der Waals surface area contributed by atoms with Gasteiger partial charge in [0, 0.05) is 23.7 Å². The average molecular weight is 332 g/mol. The molecular weight excluding hydrogens is 308 g/mol. The molecule has 0 aromatic heterocycles. The first-order valence-corrected chi connectivity index (χ1v) is 8.26. The lowest BCUT2D eigenvalue weighted by Crippen LogP contribution is -2.32. The Labute approximate surface area is 141 Å². The van der Waals surface area contributed by atoms with Crippen molar-refractivity contribution in [2.24, 2.45) is 5.41 Å². The van der Waals surface area contributed by atoms with Crippen molar-refractivity contribution in [3.05, 3.63) is 29.8 Å². The van der Waals surface area contributed by atoms with E-state index in [9.17, 15) is 19.5 Å². The maximum absolute atomic E-state index is 12.2. The number of rotatable bonds is 6. The third-order valence-electron chi connectivity index (χ3n) is 4.36. The lowest BCUT2D eigenvalue weighted by Gasteiger charge is -2.22. The molecule has 6 heteroatoms. The van der Waals surface area contributed by atoms with Crippen LogP contribution < -0.4 is 10.6 Å². The van der Waals surface area contributed by atoms with Gasteiger partial charge < -0.3 is 15.7 Å². The van der Waals surface area contributed by atoms with Crippen LogP contribution in [0.4, 0.5) is 5.69 Å². The minimum Gasteiger partial charge on any atom is -0.481 e. The molecule has 2 rings (SSSR count). The maximum Gasteiger partial charge on any atom is 0.310 e. The molecule has 2 amide bonds. The molecule has 24 heavy (non-hydrogen) atoms. The van der Waals surface area contributed by atoms with E-state index in [1.807, 2.05) is 13.8 Å². The fourth-order valence-corrected chi connectivity index (χ4v) is 3.08. The van der Waals surface area contributed by atoms with Gasteiger partial charge in [0.25, 0.3) is 5.91 Å². The summed E-state index contributed by atoms with van der Waals surface area (Å²) in [4.78, 5) is 35.6. The van der Waals surface area contributed by atoms with Gasteiger partial charge in [-0.3, -0.25) is 14.4 Å². The average Bonchev–Trinajstić information content (AvgIpc) is 2.97. The molecule has 6 nitrogen and oxygen atoms in total. The Bertz CT molecular complexity index is 616. The van der Waals surface area contributed by atoms with Crippen molar-refractivity contribution in [3.63, 3.8) is 0 Å². The zero-order valence-electron chi connectivity index (χ0n) is 14.1. The molecule has 0 atom stereocenters. The Morgan fingerprint density at radius 2 is 1.71 bits per heavy atom. The second-order valence-electron chi connectivity index (χ2n) is 6.72. The first-order valence-electron chi connectivity index (χ1n) is 8.26. The number of carbonyl (C=O) groups excluding carboxylic acids is 2. The first-order chi connectivity index (χ1) is 11.3. The molecule has 0 radical (unpaired) electrons. The van der Waals surface area contributed by atoms with E-state index < -0.39 is 11.4 Å². The lowest BCUT2D eigenvalue weighted by atomic mass is 9.82. The summed E-state index contributed by atoms with van der Waals surface area (Å²) in [5, 5.41) is 14.9. The van der Waals surface area contributed by atoms with Gasteiger partial charge in [0.15, 0.2) is 0 Å². The normalized spacial score (nSPS) is 16.0. The summed E-state index contributed by atoms with van der Waals surface area (Å²) in [5.74, 6) is -1.37. The van der Waals surface area contributed by atoms with Crippen LogP contribution in [0.15, 0.2) is 24.3 Å². The third-order valence-corrected chi connectivity index (χ3v) is 4.36. The lowest BCUT2D eigenvalue weighted by molar-refractivity contribution is -0.150. The van der Waals surface area contributed by atoms with Gasteiger partial charge in [-0.1, -0.05) is 12.8 Å². The predicted molar refractivity (Wildman–Crippen MR) is 90.8 cm³/mol. The van der Waals surface area contributed by atoms with E-state index in [0.29, 0.717) is 24.1 Å². The third kappa shape index (κ3) is 4.34. The summed E-state index contributed by atoms with van der Waals surface area (Å²) < 4.78 is 0. The maximum atomic E-state index is 12.2. The molecule has 0 saturated heterocycles. The molecule has 0 heterocycles. The highest BCUT2D eigenvalue weighted by Crippen LogP contribution is 2.41. The van der Waals surface area contributed by atoms with Gasteiger partial charge in [-0.2, -0.15) is 0 Å². The number of carbonyl (C=O) groups is 3. The van der Waals surface area contributed by atoms with Gasteiger partial charge in [-0.25, -0.2) is 0 Å². The predicted octanol–water partition coefficient (Wildman–Crippen LogP) is 2.80. The first kappa shape index (κ1) is 18.0. The molecule has 1 aliphatic carbocycles. The highest BCUT2D eigenvalue weighted by Gasteiger charge is 2.42. The zero-order valence-corrected chi connectivity index (χ0v) is 14.1. The number of nitrogens with one attached hydrogen (secondary N) is 2. The van der Waals surface area contributed by atoms with Crippen molar-refractivity contribution < 1.29 is 19.5 Å². The Morgan fingerprint density at radius 1 is 1.12 bits per heavy atom. The highest BCUT2D eigenvalue weighted by atomic mass is 16.4. The summed E-state index contributed by atoms with van der Waals surface area (Å²) in [5.41, 5.74) is 0.139. The molecule has 0 aliphatic heterocycles. The molecular formula is C18H24N2O4. The van der Waals surface area contributed by atoms with E-state index in [-0.39, 0.29) is 24.3 Å². The van der Waals surface area contributed by atoms with E-state index in [2.05, 4.69) is 10.6 Å². The van der Waals surface area contributed by atoms with Crippen LogP contribution in [-0.2, 0) is 9.59 Å². The fraction of sp³-hybridized carbons (Fsp3) is 0.500. The van der Waals surface area contributed by atoms with Gasteiger partial charge in [0.1, 0.15) is 0 Å². The van der Waals surface area contributed by atoms with Crippen molar-refractivity contribution in [1.82, 2.24) is 5.32 Å². The van der Waals surface area contributed by atoms with Crippen molar-refractivity contribution in [2.75, 3.05) is 5.32 Å². The van der Waals surface area contributed by atoms with Crippen LogP contribution in [0, 0.1) is 5.41 Å². The number of aliphatic carboxylic acids is 1. The molecule has 1 fully saturated rings. The Kier molecular flexibility index (Phi) is 5.59. The molecule has 1 aromatic carbocycles. The Hall–Kier alpha value is -2.37. The second kappa shape index (κ2) is 7.47. The highest BCUT2D eigenvalue weighted by molar-refractivity contribution is 5.97. The van der Waals surface area contributed by atoms with Crippen molar-refractivity contribution in [2.45, 2.75) is 52.0 Å². The van der Waals surface area contributed by atoms with E-state index in [1.54, 1.807) is 24.3 Å². The molecule has 0 spiro atoms. The van der Waals surface area contributed by atoms with E-state index in [4.69, 9.17) is 0 Å². The zero-order chi connectivity index (χ0) is 17.7. The SMILES string of the molecule is CC(C)NC(=O)c1ccc(NC(=O)CC2(C(=O)O)CCCC2)cc1. The van der Waals surface area contributed by atoms with Crippen LogP contribution in [0.1, 0.15) is 56.3 Å². The van der Waals surface area contributed by atoms with E-state index in [1.165, 1.54) is 0 Å². The Balaban J connectivity index is 1.97. The second-order valence-corrected chi connectivity index (χ2v) is 6.72. The van der Waals surface area contributed by atoms with Gasteiger partial charge in [0.05, 0.1) is 5.41 Å². The fourth-order valence-electron chi connectivity index (χ4n) is 3.08. The summed E-state index contributed by atoms with van der Waals surface area (Å²) >= 11 is 0. The van der Waals surface area contributed by atoms with Crippen LogP contribution >= 0.6 is 0 Å². The molecule has 0 bridgehead atoms. The number of hydrogen-bond donors (Lipinski definition) is 3.